The van der Waals surface area contributed by atoms with E-state index < -0.39 is 0 Å². The minimum atomic E-state index is 0.224. The van der Waals surface area contributed by atoms with Crippen LogP contribution in [0.2, 0.25) is 0 Å². The zero-order valence-corrected chi connectivity index (χ0v) is 13.9. The molecular weight excluding hydrogens is 262 g/mol. The molecule has 1 aliphatic carbocycles. The Kier molecular flexibility index (Phi) is 4.10. The molecule has 2 atom stereocenters. The summed E-state index contributed by atoms with van der Waals surface area (Å²) >= 11 is 0. The van der Waals surface area contributed by atoms with Crippen LogP contribution in [-0.2, 0) is 11.3 Å². The van der Waals surface area contributed by atoms with Crippen molar-refractivity contribution in [3.63, 3.8) is 0 Å². The lowest BCUT2D eigenvalue weighted by Crippen LogP contribution is -2.27. The molecule has 1 saturated carbocycles. The monoisotopic (exact) mass is 291 g/mol. The molecule has 1 N–H and O–H groups in total. The standard InChI is InChI=1S/C17H29N3O/c1-12(18-4)16-13(2)19-20(14(16)3)11-15-7-10-17(21-15)8-5-6-9-17/h12,15,18H,5-11H2,1-4H3. The highest BCUT2D eigenvalue weighted by Crippen LogP contribution is 2.43. The van der Waals surface area contributed by atoms with Crippen LogP contribution in [0.25, 0.3) is 0 Å². The predicted octanol–water partition coefficient (Wildman–Crippen LogP) is 3.27. The Morgan fingerprint density at radius 3 is 2.71 bits per heavy atom. The molecule has 3 rings (SSSR count). The number of aryl methyl sites for hydroxylation is 1. The maximum absolute atomic E-state index is 6.43. The fraction of sp³-hybridized carbons (Fsp3) is 0.824. The van der Waals surface area contributed by atoms with Gasteiger partial charge in [0, 0.05) is 17.3 Å². The van der Waals surface area contributed by atoms with Crippen molar-refractivity contribution in [1.82, 2.24) is 15.1 Å². The summed E-state index contributed by atoms with van der Waals surface area (Å²) in [7, 11) is 2.00. The first-order chi connectivity index (χ1) is 10.0. The van der Waals surface area contributed by atoms with Gasteiger partial charge in [-0.1, -0.05) is 12.8 Å². The van der Waals surface area contributed by atoms with E-state index >= 15 is 0 Å². The summed E-state index contributed by atoms with van der Waals surface area (Å²) in [5.41, 5.74) is 3.99. The Bertz CT molecular complexity index is 502. The molecule has 2 heterocycles. The molecule has 0 aromatic carbocycles. The van der Waals surface area contributed by atoms with Crippen molar-refractivity contribution < 1.29 is 4.74 Å². The molecule has 4 nitrogen and oxygen atoms in total. The fourth-order valence-corrected chi connectivity index (χ4v) is 4.26. The smallest absolute Gasteiger partial charge is 0.0779 e. The van der Waals surface area contributed by atoms with E-state index in [1.165, 1.54) is 49.8 Å². The summed E-state index contributed by atoms with van der Waals surface area (Å²) < 4.78 is 8.59. The SMILES string of the molecule is CNC(C)c1c(C)nn(CC2CCC3(CCCC3)O2)c1C. The van der Waals surface area contributed by atoms with E-state index in [0.29, 0.717) is 12.1 Å². The third-order valence-corrected chi connectivity index (χ3v) is 5.53. The predicted molar refractivity (Wildman–Crippen MR) is 84.5 cm³/mol. The molecule has 2 fully saturated rings. The van der Waals surface area contributed by atoms with Gasteiger partial charge < -0.3 is 10.1 Å². The van der Waals surface area contributed by atoms with E-state index in [1.807, 2.05) is 7.05 Å². The van der Waals surface area contributed by atoms with Gasteiger partial charge in [0.05, 0.1) is 23.9 Å². The minimum Gasteiger partial charge on any atom is -0.370 e. The molecule has 1 aromatic heterocycles. The van der Waals surface area contributed by atoms with E-state index in [1.54, 1.807) is 0 Å². The summed E-state index contributed by atoms with van der Waals surface area (Å²) in [4.78, 5) is 0. The lowest BCUT2D eigenvalue weighted by Gasteiger charge is -2.24. The van der Waals surface area contributed by atoms with E-state index in [-0.39, 0.29) is 5.60 Å². The Labute approximate surface area is 128 Å². The lowest BCUT2D eigenvalue weighted by molar-refractivity contribution is -0.0431. The Morgan fingerprint density at radius 1 is 1.33 bits per heavy atom. The third-order valence-electron chi connectivity index (χ3n) is 5.53. The summed E-state index contributed by atoms with van der Waals surface area (Å²) in [6.45, 7) is 7.40. The first-order valence-electron chi connectivity index (χ1n) is 8.44. The number of ether oxygens (including phenoxy) is 1. The van der Waals surface area contributed by atoms with Gasteiger partial charge in [0.25, 0.3) is 0 Å². The van der Waals surface area contributed by atoms with Gasteiger partial charge in [-0.2, -0.15) is 5.10 Å². The van der Waals surface area contributed by atoms with E-state index in [4.69, 9.17) is 9.84 Å². The van der Waals surface area contributed by atoms with Crippen LogP contribution in [0.15, 0.2) is 0 Å². The van der Waals surface area contributed by atoms with Gasteiger partial charge in [-0.3, -0.25) is 4.68 Å². The molecule has 1 aliphatic heterocycles. The van der Waals surface area contributed by atoms with Crippen LogP contribution in [0.5, 0.6) is 0 Å². The molecule has 0 bridgehead atoms. The average molecular weight is 291 g/mol. The van der Waals surface area contributed by atoms with Crippen LogP contribution < -0.4 is 5.32 Å². The highest BCUT2D eigenvalue weighted by atomic mass is 16.5. The molecule has 21 heavy (non-hydrogen) atoms. The second-order valence-electron chi connectivity index (χ2n) is 6.95. The summed E-state index contributed by atoms with van der Waals surface area (Å²) in [5.74, 6) is 0. The van der Waals surface area contributed by atoms with Gasteiger partial charge in [-0.05, 0) is 53.5 Å². The number of aromatic nitrogens is 2. The molecule has 2 unspecified atom stereocenters. The van der Waals surface area contributed by atoms with Crippen molar-refractivity contribution >= 4 is 0 Å². The molecule has 0 radical (unpaired) electrons. The second kappa shape index (κ2) is 5.73. The molecule has 118 valence electrons. The molecule has 1 spiro atoms. The first kappa shape index (κ1) is 15.0. The maximum Gasteiger partial charge on any atom is 0.0779 e. The molecule has 2 aliphatic rings. The Hall–Kier alpha value is -0.870. The van der Waals surface area contributed by atoms with Crippen LogP contribution in [0.3, 0.4) is 0 Å². The van der Waals surface area contributed by atoms with Crippen LogP contribution in [0.1, 0.15) is 68.4 Å². The molecule has 0 amide bonds. The molecule has 1 aromatic rings. The van der Waals surface area contributed by atoms with Gasteiger partial charge in [0.2, 0.25) is 0 Å². The highest BCUT2D eigenvalue weighted by Gasteiger charge is 2.42. The second-order valence-corrected chi connectivity index (χ2v) is 6.95. The largest absolute Gasteiger partial charge is 0.370 e. The summed E-state index contributed by atoms with van der Waals surface area (Å²) in [5, 5.41) is 8.08. The van der Waals surface area contributed by atoms with Crippen LogP contribution in [0, 0.1) is 13.8 Å². The lowest BCUT2D eigenvalue weighted by atomic mass is 9.98. The van der Waals surface area contributed by atoms with Gasteiger partial charge >= 0.3 is 0 Å². The van der Waals surface area contributed by atoms with Gasteiger partial charge in [0.1, 0.15) is 0 Å². The zero-order valence-electron chi connectivity index (χ0n) is 13.9. The van der Waals surface area contributed by atoms with Gasteiger partial charge in [0.15, 0.2) is 0 Å². The Balaban J connectivity index is 1.71. The number of nitrogens with zero attached hydrogens (tertiary/aromatic N) is 2. The highest BCUT2D eigenvalue weighted by molar-refractivity contribution is 5.27. The normalized spacial score (nSPS) is 25.8. The average Bonchev–Trinajstić information content (AvgIpc) is 3.14. The van der Waals surface area contributed by atoms with Crippen molar-refractivity contribution in [2.24, 2.45) is 0 Å². The minimum absolute atomic E-state index is 0.224. The Morgan fingerprint density at radius 2 is 2.05 bits per heavy atom. The maximum atomic E-state index is 6.43. The fourth-order valence-electron chi connectivity index (χ4n) is 4.26. The quantitative estimate of drug-likeness (QED) is 0.925. The number of nitrogens with one attached hydrogen (secondary N) is 1. The van der Waals surface area contributed by atoms with E-state index in [9.17, 15) is 0 Å². The molecule has 1 saturated heterocycles. The van der Waals surface area contributed by atoms with E-state index in [2.05, 4.69) is 30.8 Å². The van der Waals surface area contributed by atoms with Crippen LogP contribution >= 0.6 is 0 Å². The van der Waals surface area contributed by atoms with Crippen LogP contribution in [0.4, 0.5) is 0 Å². The van der Waals surface area contributed by atoms with Gasteiger partial charge in [-0.25, -0.2) is 0 Å². The molecule has 4 heteroatoms. The number of hydrogen-bond donors (Lipinski definition) is 1. The van der Waals surface area contributed by atoms with Crippen molar-refractivity contribution in [3.05, 3.63) is 17.0 Å². The third kappa shape index (κ3) is 2.76. The first-order valence-corrected chi connectivity index (χ1v) is 8.44. The number of rotatable bonds is 4. The molecular formula is C17H29N3O. The van der Waals surface area contributed by atoms with Crippen LogP contribution in [-0.4, -0.2) is 28.5 Å². The summed E-state index contributed by atoms with van der Waals surface area (Å²) in [6, 6.07) is 0.351. The van der Waals surface area contributed by atoms with Crippen molar-refractivity contribution in [2.45, 2.75) is 83.6 Å². The van der Waals surface area contributed by atoms with Crippen molar-refractivity contribution in [3.8, 4) is 0 Å². The van der Waals surface area contributed by atoms with E-state index in [0.717, 1.165) is 12.2 Å². The summed E-state index contributed by atoms with van der Waals surface area (Å²) in [6.07, 6.45) is 8.00. The number of hydrogen-bond acceptors (Lipinski definition) is 3. The van der Waals surface area contributed by atoms with Crippen molar-refractivity contribution in [2.75, 3.05) is 7.05 Å². The topological polar surface area (TPSA) is 39.1 Å². The zero-order chi connectivity index (χ0) is 15.0. The van der Waals surface area contributed by atoms with Gasteiger partial charge in [-0.15, -0.1) is 0 Å². The van der Waals surface area contributed by atoms with Crippen molar-refractivity contribution in [1.29, 1.82) is 0 Å².